The molecule has 0 spiro atoms. The maximum Gasteiger partial charge on any atom is 0.133 e. The van der Waals surface area contributed by atoms with Crippen molar-refractivity contribution in [1.82, 2.24) is 4.98 Å². The molecule has 1 aliphatic heterocycles. The monoisotopic (exact) mass is 279 g/mol. The highest BCUT2D eigenvalue weighted by Gasteiger charge is 2.22. The summed E-state index contributed by atoms with van der Waals surface area (Å²) in [6, 6.07) is 11.0. The van der Waals surface area contributed by atoms with Gasteiger partial charge in [-0.2, -0.15) is 0 Å². The molecule has 0 saturated heterocycles. The molecule has 0 amide bonds. The molecule has 108 valence electrons. The van der Waals surface area contributed by atoms with Crippen molar-refractivity contribution in [2.75, 3.05) is 11.4 Å². The molecule has 0 saturated carbocycles. The van der Waals surface area contributed by atoms with Crippen molar-refractivity contribution < 1.29 is 0 Å². The lowest BCUT2D eigenvalue weighted by atomic mass is 9.99. The van der Waals surface area contributed by atoms with Crippen molar-refractivity contribution in [3.8, 4) is 0 Å². The normalized spacial score (nSPS) is 16.7. The zero-order valence-electron chi connectivity index (χ0n) is 12.3. The number of aromatic nitrogens is 1. The first-order chi connectivity index (χ1) is 10.3. The molecule has 3 nitrogen and oxygen atoms in total. The molecule has 4 rings (SSSR count). The SMILES string of the molecule is NCc1cc2c(nc1N1CCc3ccccc3C1)CCC2. The van der Waals surface area contributed by atoms with Gasteiger partial charge in [0.15, 0.2) is 0 Å². The van der Waals surface area contributed by atoms with Crippen molar-refractivity contribution in [2.24, 2.45) is 5.73 Å². The molecule has 1 aromatic carbocycles. The molecule has 0 bridgehead atoms. The third-order valence-corrected chi connectivity index (χ3v) is 4.76. The van der Waals surface area contributed by atoms with Gasteiger partial charge in [0.2, 0.25) is 0 Å². The number of hydrogen-bond acceptors (Lipinski definition) is 3. The molecule has 2 N–H and O–H groups in total. The summed E-state index contributed by atoms with van der Waals surface area (Å²) in [6.07, 6.45) is 4.62. The van der Waals surface area contributed by atoms with E-state index in [1.165, 1.54) is 40.8 Å². The summed E-state index contributed by atoms with van der Waals surface area (Å²) in [6.45, 7) is 2.57. The Balaban J connectivity index is 1.71. The first-order valence-corrected chi connectivity index (χ1v) is 7.88. The number of pyridine rings is 1. The van der Waals surface area contributed by atoms with E-state index in [9.17, 15) is 0 Å². The summed E-state index contributed by atoms with van der Waals surface area (Å²) < 4.78 is 0. The Morgan fingerprint density at radius 1 is 1.05 bits per heavy atom. The zero-order valence-corrected chi connectivity index (χ0v) is 12.3. The maximum atomic E-state index is 5.98. The second kappa shape index (κ2) is 5.15. The minimum atomic E-state index is 0.577. The highest BCUT2D eigenvalue weighted by atomic mass is 15.2. The fourth-order valence-corrected chi connectivity index (χ4v) is 3.61. The number of anilines is 1. The summed E-state index contributed by atoms with van der Waals surface area (Å²) in [7, 11) is 0. The highest BCUT2D eigenvalue weighted by Crippen LogP contribution is 2.30. The third-order valence-electron chi connectivity index (χ3n) is 4.76. The van der Waals surface area contributed by atoms with Crippen LogP contribution in [0.5, 0.6) is 0 Å². The van der Waals surface area contributed by atoms with Gasteiger partial charge in [0, 0.05) is 30.9 Å². The van der Waals surface area contributed by atoms with E-state index in [2.05, 4.69) is 35.2 Å². The molecular formula is C18H21N3. The number of aryl methyl sites for hydroxylation is 2. The van der Waals surface area contributed by atoms with Gasteiger partial charge in [0.1, 0.15) is 5.82 Å². The quantitative estimate of drug-likeness (QED) is 0.919. The molecular weight excluding hydrogens is 258 g/mol. The van der Waals surface area contributed by atoms with Crippen LogP contribution in [0.25, 0.3) is 0 Å². The lowest BCUT2D eigenvalue weighted by Crippen LogP contribution is -2.32. The van der Waals surface area contributed by atoms with E-state index < -0.39 is 0 Å². The Bertz CT molecular complexity index is 678. The van der Waals surface area contributed by atoms with Gasteiger partial charge in [0.05, 0.1) is 0 Å². The van der Waals surface area contributed by atoms with E-state index in [0.717, 1.165) is 31.7 Å². The Kier molecular flexibility index (Phi) is 3.15. The molecule has 1 aromatic heterocycles. The molecule has 0 fully saturated rings. The van der Waals surface area contributed by atoms with E-state index in [4.69, 9.17) is 10.7 Å². The summed E-state index contributed by atoms with van der Waals surface area (Å²) >= 11 is 0. The molecule has 21 heavy (non-hydrogen) atoms. The van der Waals surface area contributed by atoms with Gasteiger partial charge in [-0.05, 0) is 48.4 Å². The van der Waals surface area contributed by atoms with Crippen molar-refractivity contribution in [3.63, 3.8) is 0 Å². The van der Waals surface area contributed by atoms with Gasteiger partial charge < -0.3 is 10.6 Å². The van der Waals surface area contributed by atoms with E-state index in [0.29, 0.717) is 6.54 Å². The van der Waals surface area contributed by atoms with Crippen LogP contribution in [-0.4, -0.2) is 11.5 Å². The van der Waals surface area contributed by atoms with E-state index in [1.807, 2.05) is 0 Å². The van der Waals surface area contributed by atoms with Crippen LogP contribution in [-0.2, 0) is 32.4 Å². The lowest BCUT2D eigenvalue weighted by molar-refractivity contribution is 0.712. The number of fused-ring (bicyclic) bond motifs is 2. The predicted molar refractivity (Wildman–Crippen MR) is 85.3 cm³/mol. The van der Waals surface area contributed by atoms with Crippen LogP contribution < -0.4 is 10.6 Å². The minimum Gasteiger partial charge on any atom is -0.352 e. The largest absolute Gasteiger partial charge is 0.352 e. The maximum absolute atomic E-state index is 5.98. The van der Waals surface area contributed by atoms with Gasteiger partial charge in [0.25, 0.3) is 0 Å². The predicted octanol–water partition coefficient (Wildman–Crippen LogP) is 2.59. The standard InChI is InChI=1S/C18H21N3/c19-11-16-10-14-6-3-7-17(14)20-18(16)21-9-8-13-4-1-2-5-15(13)12-21/h1-2,4-5,10H,3,6-9,11-12,19H2. The first-order valence-electron chi connectivity index (χ1n) is 7.88. The molecule has 3 heteroatoms. The fourth-order valence-electron chi connectivity index (χ4n) is 3.61. The number of nitrogens with zero attached hydrogens (tertiary/aromatic N) is 2. The van der Waals surface area contributed by atoms with Crippen LogP contribution in [0.3, 0.4) is 0 Å². The number of benzene rings is 1. The summed E-state index contributed by atoms with van der Waals surface area (Å²) in [4.78, 5) is 7.37. The zero-order chi connectivity index (χ0) is 14.2. The van der Waals surface area contributed by atoms with Crippen molar-refractivity contribution in [3.05, 3.63) is 58.3 Å². The summed E-state index contributed by atoms with van der Waals surface area (Å²) in [5, 5.41) is 0. The van der Waals surface area contributed by atoms with Crippen molar-refractivity contribution in [2.45, 2.75) is 38.8 Å². The fraction of sp³-hybridized carbons (Fsp3) is 0.389. The second-order valence-electron chi connectivity index (χ2n) is 6.07. The summed E-state index contributed by atoms with van der Waals surface area (Å²) in [5.41, 5.74) is 12.8. The Hall–Kier alpha value is -1.87. The van der Waals surface area contributed by atoms with Crippen LogP contribution in [0.1, 0.15) is 34.4 Å². The minimum absolute atomic E-state index is 0.577. The Morgan fingerprint density at radius 3 is 2.76 bits per heavy atom. The number of rotatable bonds is 2. The smallest absolute Gasteiger partial charge is 0.133 e. The molecule has 2 aromatic rings. The van der Waals surface area contributed by atoms with Gasteiger partial charge in [-0.15, -0.1) is 0 Å². The van der Waals surface area contributed by atoms with E-state index >= 15 is 0 Å². The average molecular weight is 279 g/mol. The topological polar surface area (TPSA) is 42.1 Å². The average Bonchev–Trinajstić information content (AvgIpc) is 3.00. The Labute approximate surface area is 125 Å². The van der Waals surface area contributed by atoms with Crippen LogP contribution in [0.4, 0.5) is 5.82 Å². The lowest BCUT2D eigenvalue weighted by Gasteiger charge is -2.31. The van der Waals surface area contributed by atoms with Crippen LogP contribution in [0.2, 0.25) is 0 Å². The van der Waals surface area contributed by atoms with Gasteiger partial charge in [-0.25, -0.2) is 4.98 Å². The molecule has 1 aliphatic carbocycles. The van der Waals surface area contributed by atoms with Crippen molar-refractivity contribution in [1.29, 1.82) is 0 Å². The van der Waals surface area contributed by atoms with Gasteiger partial charge >= 0.3 is 0 Å². The van der Waals surface area contributed by atoms with Crippen LogP contribution in [0, 0.1) is 0 Å². The molecule has 0 radical (unpaired) electrons. The van der Waals surface area contributed by atoms with E-state index in [1.54, 1.807) is 0 Å². The molecule has 2 aliphatic rings. The van der Waals surface area contributed by atoms with Crippen molar-refractivity contribution >= 4 is 5.82 Å². The molecule has 0 atom stereocenters. The number of nitrogens with two attached hydrogens (primary N) is 1. The van der Waals surface area contributed by atoms with Gasteiger partial charge in [-0.1, -0.05) is 24.3 Å². The van der Waals surface area contributed by atoms with Crippen LogP contribution >= 0.6 is 0 Å². The highest BCUT2D eigenvalue weighted by molar-refractivity contribution is 5.53. The van der Waals surface area contributed by atoms with Crippen LogP contribution in [0.15, 0.2) is 30.3 Å². The first kappa shape index (κ1) is 12.8. The second-order valence-corrected chi connectivity index (χ2v) is 6.07. The van der Waals surface area contributed by atoms with Gasteiger partial charge in [-0.3, -0.25) is 0 Å². The Morgan fingerprint density at radius 2 is 1.90 bits per heavy atom. The third kappa shape index (κ3) is 2.22. The molecule has 0 unspecified atom stereocenters. The van der Waals surface area contributed by atoms with E-state index in [-0.39, 0.29) is 0 Å². The molecule has 2 heterocycles. The summed E-state index contributed by atoms with van der Waals surface area (Å²) in [5.74, 6) is 1.12. The number of hydrogen-bond donors (Lipinski definition) is 1.